The summed E-state index contributed by atoms with van der Waals surface area (Å²) in [6, 6.07) is 5.69. The van der Waals surface area contributed by atoms with E-state index in [2.05, 4.69) is 20.1 Å². The fraction of sp³-hybridized carbons (Fsp3) is 0.0769. The number of nitrogens with zero attached hydrogens (tertiary/aromatic N) is 5. The van der Waals surface area contributed by atoms with Crippen LogP contribution in [0.5, 0.6) is 0 Å². The Hall–Kier alpha value is -2.96. The third-order valence-corrected chi connectivity index (χ3v) is 3.25. The first-order chi connectivity index (χ1) is 9.74. The molecular formula is C13H10N6O. The molecule has 1 aromatic carbocycles. The van der Waals surface area contributed by atoms with Crippen LogP contribution in [0, 0.1) is 0 Å². The number of aromatic nitrogens is 5. The first-order valence-corrected chi connectivity index (χ1v) is 6.01. The Morgan fingerprint density at radius 3 is 3.00 bits per heavy atom. The number of rotatable bonds is 1. The summed E-state index contributed by atoms with van der Waals surface area (Å²) in [6.45, 7) is 0. The van der Waals surface area contributed by atoms with Crippen LogP contribution in [0.15, 0.2) is 35.3 Å². The second-order valence-electron chi connectivity index (χ2n) is 4.46. The van der Waals surface area contributed by atoms with Crippen molar-refractivity contribution >= 4 is 28.0 Å². The van der Waals surface area contributed by atoms with Gasteiger partial charge in [-0.15, -0.1) is 0 Å². The summed E-state index contributed by atoms with van der Waals surface area (Å²) in [4.78, 5) is 12.4. The number of nitrogen functional groups attached to an aromatic ring is 1. The average molecular weight is 266 g/mol. The lowest BCUT2D eigenvalue weighted by Gasteiger charge is -1.99. The van der Waals surface area contributed by atoms with E-state index in [0.717, 1.165) is 27.7 Å². The van der Waals surface area contributed by atoms with Crippen LogP contribution in [0.4, 0.5) is 5.82 Å². The van der Waals surface area contributed by atoms with E-state index < -0.39 is 0 Å². The van der Waals surface area contributed by atoms with Gasteiger partial charge in [0.15, 0.2) is 17.6 Å². The lowest BCUT2D eigenvalue weighted by atomic mass is 10.1. The number of nitrogens with two attached hydrogens (primary N) is 1. The van der Waals surface area contributed by atoms with Gasteiger partial charge in [0.25, 0.3) is 0 Å². The summed E-state index contributed by atoms with van der Waals surface area (Å²) in [5, 5.41) is 5.24. The number of hydrogen-bond donors (Lipinski definition) is 1. The number of hydrogen-bond acceptors (Lipinski definition) is 6. The molecule has 0 aliphatic heterocycles. The van der Waals surface area contributed by atoms with E-state index >= 15 is 0 Å². The molecule has 0 fully saturated rings. The van der Waals surface area contributed by atoms with Gasteiger partial charge in [-0.25, -0.2) is 19.6 Å². The molecular weight excluding hydrogens is 256 g/mol. The molecule has 7 heteroatoms. The summed E-state index contributed by atoms with van der Waals surface area (Å²) < 4.78 is 6.93. The standard InChI is InChI=1S/C13H10N6O/c1-19-13-10(12(14)15-5-16-13)11(18-19)7-2-3-9-8(4-7)17-6-20-9/h2-6H,1H3,(H2,14,15,16). The molecule has 0 aliphatic carbocycles. The van der Waals surface area contributed by atoms with Gasteiger partial charge >= 0.3 is 0 Å². The molecule has 0 amide bonds. The van der Waals surface area contributed by atoms with E-state index in [4.69, 9.17) is 10.2 Å². The largest absolute Gasteiger partial charge is 0.443 e. The SMILES string of the molecule is Cn1nc(-c2ccc3ocnc3c2)c2c(N)ncnc21. The highest BCUT2D eigenvalue weighted by Gasteiger charge is 2.15. The summed E-state index contributed by atoms with van der Waals surface area (Å²) in [5.74, 6) is 0.415. The van der Waals surface area contributed by atoms with Gasteiger partial charge in [0.2, 0.25) is 0 Å². The second kappa shape index (κ2) is 3.77. The zero-order chi connectivity index (χ0) is 13.7. The van der Waals surface area contributed by atoms with Crippen LogP contribution in [-0.2, 0) is 7.05 Å². The van der Waals surface area contributed by atoms with Crippen LogP contribution in [-0.4, -0.2) is 24.7 Å². The molecule has 98 valence electrons. The summed E-state index contributed by atoms with van der Waals surface area (Å²) >= 11 is 0. The quantitative estimate of drug-likeness (QED) is 0.564. The van der Waals surface area contributed by atoms with Crippen molar-refractivity contribution in [3.8, 4) is 11.3 Å². The van der Waals surface area contributed by atoms with Crippen LogP contribution in [0.2, 0.25) is 0 Å². The molecule has 20 heavy (non-hydrogen) atoms. The minimum Gasteiger partial charge on any atom is -0.443 e. The normalized spacial score (nSPS) is 11.4. The van der Waals surface area contributed by atoms with Crippen molar-refractivity contribution in [3.63, 3.8) is 0 Å². The molecule has 0 spiro atoms. The Balaban J connectivity index is 2.06. The molecule has 0 saturated heterocycles. The Morgan fingerprint density at radius 1 is 1.20 bits per heavy atom. The van der Waals surface area contributed by atoms with Crippen LogP contribution in [0.3, 0.4) is 0 Å². The third-order valence-electron chi connectivity index (χ3n) is 3.25. The van der Waals surface area contributed by atoms with Crippen molar-refractivity contribution in [2.75, 3.05) is 5.73 Å². The molecule has 0 aliphatic rings. The number of oxazole rings is 1. The number of aryl methyl sites for hydroxylation is 1. The van der Waals surface area contributed by atoms with Gasteiger partial charge in [-0.3, -0.25) is 0 Å². The van der Waals surface area contributed by atoms with Gasteiger partial charge in [0, 0.05) is 12.6 Å². The van der Waals surface area contributed by atoms with E-state index in [9.17, 15) is 0 Å². The summed E-state index contributed by atoms with van der Waals surface area (Å²) in [5.41, 5.74) is 9.82. The van der Waals surface area contributed by atoms with Crippen LogP contribution < -0.4 is 5.73 Å². The van der Waals surface area contributed by atoms with E-state index in [1.807, 2.05) is 25.2 Å². The Labute approximate surface area is 113 Å². The zero-order valence-corrected chi connectivity index (χ0v) is 10.6. The van der Waals surface area contributed by atoms with E-state index in [1.165, 1.54) is 12.7 Å². The topological polar surface area (TPSA) is 95.7 Å². The maximum Gasteiger partial charge on any atom is 0.181 e. The van der Waals surface area contributed by atoms with Gasteiger partial charge in [0.1, 0.15) is 23.4 Å². The van der Waals surface area contributed by atoms with Gasteiger partial charge in [0.05, 0.1) is 5.39 Å². The lowest BCUT2D eigenvalue weighted by molar-refractivity contribution is 0.602. The molecule has 0 radical (unpaired) electrons. The highest BCUT2D eigenvalue weighted by atomic mass is 16.3. The molecule has 0 unspecified atom stereocenters. The van der Waals surface area contributed by atoms with Crippen molar-refractivity contribution in [1.29, 1.82) is 0 Å². The predicted molar refractivity (Wildman–Crippen MR) is 73.7 cm³/mol. The number of anilines is 1. The first-order valence-electron chi connectivity index (χ1n) is 6.01. The van der Waals surface area contributed by atoms with Gasteiger partial charge in [-0.1, -0.05) is 0 Å². The molecule has 4 rings (SSSR count). The van der Waals surface area contributed by atoms with E-state index in [-0.39, 0.29) is 0 Å². The molecule has 0 saturated carbocycles. The van der Waals surface area contributed by atoms with Crippen molar-refractivity contribution in [1.82, 2.24) is 24.7 Å². The minimum atomic E-state index is 0.415. The maximum absolute atomic E-state index is 5.96. The molecule has 7 nitrogen and oxygen atoms in total. The van der Waals surface area contributed by atoms with Crippen molar-refractivity contribution in [2.45, 2.75) is 0 Å². The molecule has 0 atom stereocenters. The monoisotopic (exact) mass is 266 g/mol. The third kappa shape index (κ3) is 1.40. The van der Waals surface area contributed by atoms with Gasteiger partial charge < -0.3 is 10.2 Å². The molecule has 3 heterocycles. The lowest BCUT2D eigenvalue weighted by Crippen LogP contribution is -1.95. The maximum atomic E-state index is 5.96. The van der Waals surface area contributed by atoms with Crippen molar-refractivity contribution < 1.29 is 4.42 Å². The van der Waals surface area contributed by atoms with Crippen LogP contribution >= 0.6 is 0 Å². The Morgan fingerprint density at radius 2 is 2.10 bits per heavy atom. The second-order valence-corrected chi connectivity index (χ2v) is 4.46. The summed E-state index contributed by atoms with van der Waals surface area (Å²) in [7, 11) is 1.83. The highest BCUT2D eigenvalue weighted by Crippen LogP contribution is 2.31. The zero-order valence-electron chi connectivity index (χ0n) is 10.6. The smallest absolute Gasteiger partial charge is 0.181 e. The van der Waals surface area contributed by atoms with Gasteiger partial charge in [-0.05, 0) is 18.2 Å². The van der Waals surface area contributed by atoms with Crippen molar-refractivity contribution in [3.05, 3.63) is 30.9 Å². The van der Waals surface area contributed by atoms with Crippen LogP contribution in [0.1, 0.15) is 0 Å². The number of fused-ring (bicyclic) bond motifs is 2. The van der Waals surface area contributed by atoms with E-state index in [0.29, 0.717) is 11.5 Å². The fourth-order valence-corrected chi connectivity index (χ4v) is 2.32. The Kier molecular flexibility index (Phi) is 2.06. The number of benzene rings is 1. The highest BCUT2D eigenvalue weighted by molar-refractivity contribution is 5.99. The fourth-order valence-electron chi connectivity index (χ4n) is 2.32. The van der Waals surface area contributed by atoms with E-state index in [1.54, 1.807) is 4.68 Å². The molecule has 0 bridgehead atoms. The average Bonchev–Trinajstić information content (AvgIpc) is 3.04. The molecule has 2 N–H and O–H groups in total. The Bertz CT molecular complexity index is 938. The molecule has 3 aromatic heterocycles. The summed E-state index contributed by atoms with van der Waals surface area (Å²) in [6.07, 6.45) is 2.85. The predicted octanol–water partition coefficient (Wildman–Crippen LogP) is 1.75. The molecule has 4 aromatic rings. The van der Waals surface area contributed by atoms with Crippen molar-refractivity contribution in [2.24, 2.45) is 7.05 Å². The minimum absolute atomic E-state index is 0.415. The van der Waals surface area contributed by atoms with Gasteiger partial charge in [-0.2, -0.15) is 5.10 Å². The first kappa shape index (κ1) is 10.9. The van der Waals surface area contributed by atoms with Crippen LogP contribution in [0.25, 0.3) is 33.4 Å².